The zero-order valence-corrected chi connectivity index (χ0v) is 7.21. The molecule has 2 rings (SSSR count). The Labute approximate surface area is 71.5 Å². The molecule has 2 aliphatic rings. The second-order valence-corrected chi connectivity index (χ2v) is 3.87. The number of hydrogen-bond acceptors (Lipinski definition) is 2. The Morgan fingerprint density at radius 3 is 2.67 bits per heavy atom. The Kier molecular flexibility index (Phi) is 1.54. The van der Waals surface area contributed by atoms with Crippen molar-refractivity contribution in [3.8, 4) is 0 Å². The number of likely N-dealkylation sites (tertiary alicyclic amines) is 1. The maximum absolute atomic E-state index is 10.7. The average molecular weight is 170 g/mol. The van der Waals surface area contributed by atoms with E-state index in [4.69, 9.17) is 5.11 Å². The lowest BCUT2D eigenvalue weighted by atomic mass is 10.0. The van der Waals surface area contributed by atoms with Gasteiger partial charge in [0.15, 0.2) is 0 Å². The topological polar surface area (TPSA) is 52.6 Å². The summed E-state index contributed by atoms with van der Waals surface area (Å²) >= 11 is 0. The van der Waals surface area contributed by atoms with E-state index in [2.05, 4.69) is 5.32 Å². The van der Waals surface area contributed by atoms with Gasteiger partial charge in [0.25, 0.3) is 0 Å². The zero-order valence-electron chi connectivity index (χ0n) is 7.21. The van der Waals surface area contributed by atoms with Crippen LogP contribution in [0.3, 0.4) is 0 Å². The van der Waals surface area contributed by atoms with Crippen molar-refractivity contribution in [3.63, 3.8) is 0 Å². The monoisotopic (exact) mass is 170 g/mol. The van der Waals surface area contributed by atoms with Crippen LogP contribution in [0.15, 0.2) is 0 Å². The van der Waals surface area contributed by atoms with Gasteiger partial charge in [0, 0.05) is 24.5 Å². The van der Waals surface area contributed by atoms with E-state index in [-0.39, 0.29) is 0 Å². The smallest absolute Gasteiger partial charge is 0.407 e. The minimum atomic E-state index is -0.779. The van der Waals surface area contributed by atoms with Gasteiger partial charge in [-0.25, -0.2) is 4.79 Å². The largest absolute Gasteiger partial charge is 0.465 e. The molecule has 0 unspecified atom stereocenters. The third-order valence-electron chi connectivity index (χ3n) is 3.16. The first kappa shape index (κ1) is 7.86. The van der Waals surface area contributed by atoms with Gasteiger partial charge in [-0.1, -0.05) is 0 Å². The average Bonchev–Trinajstić information content (AvgIpc) is 2.64. The molecule has 1 atom stereocenters. The van der Waals surface area contributed by atoms with Crippen LogP contribution in [0.25, 0.3) is 0 Å². The Morgan fingerprint density at radius 1 is 1.67 bits per heavy atom. The number of nitrogens with zero attached hydrogens (tertiary/aromatic N) is 1. The lowest BCUT2D eigenvalue weighted by molar-refractivity contribution is 0.153. The first-order valence-corrected chi connectivity index (χ1v) is 4.33. The minimum absolute atomic E-state index is 0.299. The van der Waals surface area contributed by atoms with Crippen LogP contribution in [0.4, 0.5) is 4.79 Å². The number of carbonyl (C=O) groups is 1. The summed E-state index contributed by atoms with van der Waals surface area (Å²) in [5.41, 5.74) is 0.299. The summed E-state index contributed by atoms with van der Waals surface area (Å²) in [6.45, 7) is 1.39. The van der Waals surface area contributed by atoms with Gasteiger partial charge in [-0.2, -0.15) is 0 Å². The predicted molar refractivity (Wildman–Crippen MR) is 44.1 cm³/mol. The van der Waals surface area contributed by atoms with Gasteiger partial charge < -0.3 is 15.3 Å². The number of nitrogens with one attached hydrogen (secondary N) is 1. The molecule has 1 saturated heterocycles. The molecule has 4 nitrogen and oxygen atoms in total. The first-order valence-electron chi connectivity index (χ1n) is 4.33. The predicted octanol–water partition coefficient (Wildman–Crippen LogP) is 0.348. The molecule has 68 valence electrons. The number of amides is 1. The van der Waals surface area contributed by atoms with Gasteiger partial charge >= 0.3 is 6.09 Å². The van der Waals surface area contributed by atoms with Crippen molar-refractivity contribution < 1.29 is 9.90 Å². The van der Waals surface area contributed by atoms with E-state index >= 15 is 0 Å². The molecule has 0 aromatic heterocycles. The van der Waals surface area contributed by atoms with Crippen LogP contribution in [0.5, 0.6) is 0 Å². The van der Waals surface area contributed by atoms with Crippen LogP contribution in [-0.2, 0) is 0 Å². The summed E-state index contributed by atoms with van der Waals surface area (Å²) in [7, 11) is 1.91. The van der Waals surface area contributed by atoms with Gasteiger partial charge in [0.05, 0.1) is 0 Å². The molecule has 1 heterocycles. The summed E-state index contributed by atoms with van der Waals surface area (Å²) < 4.78 is 0. The molecular weight excluding hydrogens is 156 g/mol. The highest BCUT2D eigenvalue weighted by Crippen LogP contribution is 2.52. The highest BCUT2D eigenvalue weighted by molar-refractivity contribution is 5.66. The lowest BCUT2D eigenvalue weighted by Gasteiger charge is -2.14. The van der Waals surface area contributed by atoms with E-state index < -0.39 is 6.09 Å². The Hall–Kier alpha value is -0.770. The summed E-state index contributed by atoms with van der Waals surface area (Å²) in [5.74, 6) is 0. The third-order valence-corrected chi connectivity index (χ3v) is 3.16. The summed E-state index contributed by atoms with van der Waals surface area (Å²) in [5, 5.41) is 12.0. The summed E-state index contributed by atoms with van der Waals surface area (Å²) in [4.78, 5) is 12.2. The lowest BCUT2D eigenvalue weighted by Crippen LogP contribution is -2.35. The molecule has 1 spiro atoms. The third kappa shape index (κ3) is 0.982. The molecule has 1 amide bonds. The molecule has 1 aliphatic carbocycles. The van der Waals surface area contributed by atoms with Crippen molar-refractivity contribution in [2.45, 2.75) is 18.9 Å². The molecule has 2 fully saturated rings. The van der Waals surface area contributed by atoms with Crippen LogP contribution in [-0.4, -0.2) is 42.3 Å². The van der Waals surface area contributed by atoms with Crippen molar-refractivity contribution >= 4 is 6.09 Å². The van der Waals surface area contributed by atoms with Gasteiger partial charge in [-0.05, 0) is 19.9 Å². The van der Waals surface area contributed by atoms with Crippen LogP contribution < -0.4 is 5.32 Å². The quantitative estimate of drug-likeness (QED) is 0.597. The normalized spacial score (nSPS) is 31.1. The van der Waals surface area contributed by atoms with Crippen LogP contribution >= 0.6 is 0 Å². The van der Waals surface area contributed by atoms with E-state index in [1.165, 1.54) is 17.7 Å². The van der Waals surface area contributed by atoms with Crippen LogP contribution in [0.2, 0.25) is 0 Å². The molecule has 12 heavy (non-hydrogen) atoms. The van der Waals surface area contributed by atoms with E-state index in [1.807, 2.05) is 7.05 Å². The number of likely N-dealkylation sites (N-methyl/N-ethyl adjacent to an activating group) is 1. The molecule has 1 saturated carbocycles. The van der Waals surface area contributed by atoms with Crippen LogP contribution in [0.1, 0.15) is 12.8 Å². The minimum Gasteiger partial charge on any atom is -0.465 e. The molecule has 0 aromatic carbocycles. The van der Waals surface area contributed by atoms with Gasteiger partial charge in [-0.15, -0.1) is 0 Å². The van der Waals surface area contributed by atoms with Gasteiger partial charge in [0.1, 0.15) is 0 Å². The SMILES string of the molecule is CN[C@@H]1CN(C(=O)O)CC12CC2. The van der Waals surface area contributed by atoms with Gasteiger partial charge in [0.2, 0.25) is 0 Å². The fraction of sp³-hybridized carbons (Fsp3) is 0.875. The van der Waals surface area contributed by atoms with E-state index in [9.17, 15) is 4.79 Å². The summed E-state index contributed by atoms with van der Waals surface area (Å²) in [6.07, 6.45) is 1.59. The Bertz CT molecular complexity index is 213. The highest BCUT2D eigenvalue weighted by atomic mass is 16.4. The number of rotatable bonds is 1. The summed E-state index contributed by atoms with van der Waals surface area (Å²) in [6, 6.07) is 0.383. The number of carboxylic acid groups (broad SMARTS) is 1. The fourth-order valence-corrected chi connectivity index (χ4v) is 2.18. The van der Waals surface area contributed by atoms with Crippen molar-refractivity contribution in [3.05, 3.63) is 0 Å². The van der Waals surface area contributed by atoms with Gasteiger partial charge in [-0.3, -0.25) is 0 Å². The Morgan fingerprint density at radius 2 is 2.33 bits per heavy atom. The molecule has 0 aromatic rings. The van der Waals surface area contributed by atoms with Crippen molar-refractivity contribution in [1.29, 1.82) is 0 Å². The van der Waals surface area contributed by atoms with Crippen molar-refractivity contribution in [1.82, 2.24) is 10.2 Å². The van der Waals surface area contributed by atoms with E-state index in [1.54, 1.807) is 0 Å². The fourth-order valence-electron chi connectivity index (χ4n) is 2.18. The highest BCUT2D eigenvalue weighted by Gasteiger charge is 2.55. The second-order valence-electron chi connectivity index (χ2n) is 3.87. The molecule has 1 aliphatic heterocycles. The van der Waals surface area contributed by atoms with E-state index in [0.29, 0.717) is 18.0 Å². The van der Waals surface area contributed by atoms with Crippen molar-refractivity contribution in [2.75, 3.05) is 20.1 Å². The standard InChI is InChI=1S/C8H14N2O2/c1-9-6-4-10(7(11)12)5-8(6)2-3-8/h6,9H,2-5H2,1H3,(H,11,12)/t6-/m1/s1. The second kappa shape index (κ2) is 2.36. The molecule has 0 radical (unpaired) electrons. The first-order chi connectivity index (χ1) is 5.68. The maximum Gasteiger partial charge on any atom is 0.407 e. The zero-order chi connectivity index (χ0) is 8.77. The van der Waals surface area contributed by atoms with E-state index in [0.717, 1.165) is 6.54 Å². The molecule has 2 N–H and O–H groups in total. The molecule has 0 bridgehead atoms. The maximum atomic E-state index is 10.7. The van der Waals surface area contributed by atoms with Crippen LogP contribution in [0, 0.1) is 5.41 Å². The number of hydrogen-bond donors (Lipinski definition) is 2. The Balaban J connectivity index is 2.06. The van der Waals surface area contributed by atoms with Crippen molar-refractivity contribution in [2.24, 2.45) is 5.41 Å². The molecular formula is C8H14N2O2. The molecule has 4 heteroatoms.